The van der Waals surface area contributed by atoms with Crippen molar-refractivity contribution in [2.24, 2.45) is 0 Å². The molecule has 3 aromatic rings. The Kier molecular flexibility index (Phi) is 7.70. The topological polar surface area (TPSA) is 84.5 Å². The number of esters is 1. The van der Waals surface area contributed by atoms with Crippen LogP contribution in [-0.4, -0.2) is 24.9 Å². The molecule has 0 fully saturated rings. The van der Waals surface area contributed by atoms with Gasteiger partial charge >= 0.3 is 5.97 Å². The predicted octanol–water partition coefficient (Wildman–Crippen LogP) is 4.76. The zero-order chi connectivity index (χ0) is 23.8. The summed E-state index contributed by atoms with van der Waals surface area (Å²) in [5.74, 6) is -1.43. The zero-order valence-corrected chi connectivity index (χ0v) is 18.2. The van der Waals surface area contributed by atoms with Gasteiger partial charge in [0.25, 0.3) is 5.91 Å². The van der Waals surface area contributed by atoms with Crippen LogP contribution in [0.3, 0.4) is 0 Å². The number of halogens is 1. The van der Waals surface area contributed by atoms with Gasteiger partial charge in [-0.2, -0.15) is 0 Å². The molecule has 0 aromatic heterocycles. The number of amides is 2. The average molecular weight is 446 g/mol. The first kappa shape index (κ1) is 23.4. The van der Waals surface area contributed by atoms with E-state index >= 15 is 0 Å². The molecule has 0 saturated carbocycles. The Labute approximate surface area is 191 Å². The summed E-state index contributed by atoms with van der Waals surface area (Å²) in [4.78, 5) is 35.9. The summed E-state index contributed by atoms with van der Waals surface area (Å²) >= 11 is 0. The smallest absolute Gasteiger partial charge is 0.337 e. The molecule has 0 spiro atoms. The van der Waals surface area contributed by atoms with E-state index in [4.69, 9.17) is 0 Å². The molecule has 2 N–H and O–H groups in total. The quantitative estimate of drug-likeness (QED) is 0.405. The van der Waals surface area contributed by atoms with Crippen LogP contribution in [0.15, 0.2) is 78.9 Å². The number of ether oxygens (including phenoxy) is 1. The van der Waals surface area contributed by atoms with Crippen molar-refractivity contribution in [2.45, 2.75) is 13.0 Å². The van der Waals surface area contributed by atoms with E-state index in [0.29, 0.717) is 16.8 Å². The van der Waals surface area contributed by atoms with Crippen molar-refractivity contribution in [3.05, 3.63) is 107 Å². The van der Waals surface area contributed by atoms with Crippen molar-refractivity contribution < 1.29 is 23.5 Å². The molecular formula is C26H23FN2O4. The van der Waals surface area contributed by atoms with Gasteiger partial charge in [-0.25, -0.2) is 9.18 Å². The summed E-state index contributed by atoms with van der Waals surface area (Å²) in [7, 11) is 1.32. The average Bonchev–Trinajstić information content (AvgIpc) is 2.83. The second-order valence-electron chi connectivity index (χ2n) is 7.26. The largest absolute Gasteiger partial charge is 0.465 e. The highest BCUT2D eigenvalue weighted by Gasteiger charge is 2.10. The van der Waals surface area contributed by atoms with Crippen molar-refractivity contribution in [3.8, 4) is 0 Å². The van der Waals surface area contributed by atoms with Gasteiger partial charge in [0.2, 0.25) is 5.91 Å². The molecular weight excluding hydrogens is 423 g/mol. The number of benzene rings is 3. The van der Waals surface area contributed by atoms with Gasteiger partial charge in [0.15, 0.2) is 0 Å². The molecule has 0 heterocycles. The van der Waals surface area contributed by atoms with Crippen LogP contribution in [0.1, 0.15) is 44.8 Å². The Morgan fingerprint density at radius 2 is 1.48 bits per heavy atom. The van der Waals surface area contributed by atoms with Crippen molar-refractivity contribution >= 4 is 29.5 Å². The summed E-state index contributed by atoms with van der Waals surface area (Å²) in [5, 5.41) is 5.62. The normalized spacial score (nSPS) is 11.6. The van der Waals surface area contributed by atoms with E-state index in [1.54, 1.807) is 54.6 Å². The van der Waals surface area contributed by atoms with Gasteiger partial charge in [0, 0.05) is 17.3 Å². The first-order valence-electron chi connectivity index (χ1n) is 10.2. The van der Waals surface area contributed by atoms with E-state index in [-0.39, 0.29) is 17.9 Å². The lowest BCUT2D eigenvalue weighted by molar-refractivity contribution is -0.117. The van der Waals surface area contributed by atoms with Crippen LogP contribution in [0.5, 0.6) is 0 Å². The molecule has 1 unspecified atom stereocenters. The Balaban J connectivity index is 1.54. The molecule has 0 aliphatic carbocycles. The maximum Gasteiger partial charge on any atom is 0.337 e. The van der Waals surface area contributed by atoms with Gasteiger partial charge in [-0.05, 0) is 72.7 Å². The molecule has 0 bridgehead atoms. The van der Waals surface area contributed by atoms with E-state index in [1.807, 2.05) is 6.92 Å². The Hall–Kier alpha value is -4.26. The number of anilines is 1. The number of methoxy groups -OCH3 is 1. The molecule has 0 radical (unpaired) electrons. The molecule has 3 aromatic carbocycles. The molecule has 1 atom stereocenters. The lowest BCUT2D eigenvalue weighted by Gasteiger charge is -2.14. The zero-order valence-electron chi connectivity index (χ0n) is 18.2. The number of hydrogen-bond acceptors (Lipinski definition) is 4. The summed E-state index contributed by atoms with van der Waals surface area (Å²) in [5.41, 5.74) is 3.01. The lowest BCUT2D eigenvalue weighted by Crippen LogP contribution is -2.24. The van der Waals surface area contributed by atoms with Crippen LogP contribution in [0.25, 0.3) is 6.08 Å². The second-order valence-corrected chi connectivity index (χ2v) is 7.26. The van der Waals surface area contributed by atoms with Crippen molar-refractivity contribution in [2.75, 3.05) is 12.4 Å². The Morgan fingerprint density at radius 1 is 0.879 bits per heavy atom. The van der Waals surface area contributed by atoms with Crippen LogP contribution in [0.4, 0.5) is 10.1 Å². The van der Waals surface area contributed by atoms with E-state index < -0.39 is 11.8 Å². The van der Waals surface area contributed by atoms with Crippen LogP contribution in [0.2, 0.25) is 0 Å². The predicted molar refractivity (Wildman–Crippen MR) is 124 cm³/mol. The summed E-state index contributed by atoms with van der Waals surface area (Å²) in [6.07, 6.45) is 3.07. The molecule has 0 aliphatic rings. The molecule has 3 rings (SSSR count). The first-order valence-corrected chi connectivity index (χ1v) is 10.2. The van der Waals surface area contributed by atoms with E-state index in [2.05, 4.69) is 15.4 Å². The van der Waals surface area contributed by atoms with Gasteiger partial charge in [-0.3, -0.25) is 9.59 Å². The molecule has 2 amide bonds. The third kappa shape index (κ3) is 6.61. The van der Waals surface area contributed by atoms with Gasteiger partial charge in [0.1, 0.15) is 5.82 Å². The SMILES string of the molecule is COC(=O)c1ccc(/C=C/C(=O)NC(C)c2ccc(NC(=O)c3ccc(F)cc3)cc2)cc1. The van der Waals surface area contributed by atoms with Crippen LogP contribution >= 0.6 is 0 Å². The highest BCUT2D eigenvalue weighted by molar-refractivity contribution is 6.04. The minimum Gasteiger partial charge on any atom is -0.465 e. The monoisotopic (exact) mass is 446 g/mol. The highest BCUT2D eigenvalue weighted by Crippen LogP contribution is 2.17. The summed E-state index contributed by atoms with van der Waals surface area (Å²) < 4.78 is 17.7. The van der Waals surface area contributed by atoms with E-state index in [0.717, 1.165) is 11.1 Å². The Morgan fingerprint density at radius 3 is 2.09 bits per heavy atom. The Bertz CT molecular complexity index is 1150. The van der Waals surface area contributed by atoms with Crippen LogP contribution in [-0.2, 0) is 9.53 Å². The third-order valence-electron chi connectivity index (χ3n) is 4.89. The standard InChI is InChI=1S/C26H23FN2O4/c1-17(28-24(30)16-5-18-3-6-21(7-4-18)26(32)33-2)19-10-14-23(15-11-19)29-25(31)20-8-12-22(27)13-9-20/h3-17H,1-2H3,(H,28,30)(H,29,31)/b16-5+. The molecule has 7 heteroatoms. The van der Waals surface area contributed by atoms with E-state index in [1.165, 1.54) is 37.5 Å². The minimum atomic E-state index is -0.418. The fourth-order valence-corrected chi connectivity index (χ4v) is 3.02. The van der Waals surface area contributed by atoms with Crippen molar-refractivity contribution in [1.29, 1.82) is 0 Å². The number of carbonyl (C=O) groups is 3. The van der Waals surface area contributed by atoms with Crippen molar-refractivity contribution in [3.63, 3.8) is 0 Å². The molecule has 0 aliphatic heterocycles. The molecule has 33 heavy (non-hydrogen) atoms. The first-order chi connectivity index (χ1) is 15.9. The summed E-state index contributed by atoms with van der Waals surface area (Å²) in [6, 6.07) is 18.8. The number of rotatable bonds is 7. The molecule has 0 saturated heterocycles. The highest BCUT2D eigenvalue weighted by atomic mass is 19.1. The second kappa shape index (κ2) is 10.9. The lowest BCUT2D eigenvalue weighted by atomic mass is 10.1. The minimum absolute atomic E-state index is 0.259. The van der Waals surface area contributed by atoms with Gasteiger partial charge in [0.05, 0.1) is 18.7 Å². The van der Waals surface area contributed by atoms with Crippen LogP contribution < -0.4 is 10.6 Å². The number of hydrogen-bond donors (Lipinski definition) is 2. The van der Waals surface area contributed by atoms with Crippen molar-refractivity contribution in [1.82, 2.24) is 5.32 Å². The van der Waals surface area contributed by atoms with Gasteiger partial charge < -0.3 is 15.4 Å². The maximum atomic E-state index is 13.0. The maximum absolute atomic E-state index is 13.0. The number of carbonyl (C=O) groups excluding carboxylic acids is 3. The molecule has 6 nitrogen and oxygen atoms in total. The fraction of sp³-hybridized carbons (Fsp3) is 0.115. The third-order valence-corrected chi connectivity index (χ3v) is 4.89. The van der Waals surface area contributed by atoms with Gasteiger partial charge in [-0.15, -0.1) is 0 Å². The van der Waals surface area contributed by atoms with Gasteiger partial charge in [-0.1, -0.05) is 24.3 Å². The van der Waals surface area contributed by atoms with E-state index in [9.17, 15) is 18.8 Å². The fourth-order valence-electron chi connectivity index (χ4n) is 3.02. The molecule has 168 valence electrons. The summed E-state index contributed by atoms with van der Waals surface area (Å²) in [6.45, 7) is 1.85. The van der Waals surface area contributed by atoms with Crippen LogP contribution in [0, 0.1) is 5.82 Å². The number of nitrogens with one attached hydrogen (secondary N) is 2.